The third kappa shape index (κ3) is 4.80. The van der Waals surface area contributed by atoms with Crippen LogP contribution in [0, 0.1) is 0 Å². The molecule has 2 aliphatic heterocycles. The molecule has 1 fully saturated rings. The quantitative estimate of drug-likeness (QED) is 0.585. The zero-order valence-electron chi connectivity index (χ0n) is 15.7. The van der Waals surface area contributed by atoms with Crippen LogP contribution in [0.4, 0.5) is 5.69 Å². The molecule has 6 heteroatoms. The van der Waals surface area contributed by atoms with E-state index in [1.54, 1.807) is 0 Å². The summed E-state index contributed by atoms with van der Waals surface area (Å²) < 4.78 is 0. The minimum Gasteiger partial charge on any atom is -0.303 e. The van der Waals surface area contributed by atoms with Gasteiger partial charge in [0.05, 0.1) is 23.0 Å². The number of fused-ring (bicyclic) bond motifs is 1. The van der Waals surface area contributed by atoms with Crippen molar-refractivity contribution in [2.75, 3.05) is 31.9 Å². The standard InChI is InChI=1S/C22H23Cl2N3S/c23-16-8-9-20-18(14-16)22(17-6-2-3-7-19(17)24)25-15-21(26-20)28-13-12-27-10-4-1-5-11-27/h2-3,6-9,14H,1,4-5,10-13,15H2. The summed E-state index contributed by atoms with van der Waals surface area (Å²) in [4.78, 5) is 12.4. The van der Waals surface area contributed by atoms with Gasteiger partial charge in [0, 0.05) is 33.5 Å². The van der Waals surface area contributed by atoms with Crippen LogP contribution < -0.4 is 0 Å². The van der Waals surface area contributed by atoms with Gasteiger partial charge in [-0.2, -0.15) is 0 Å². The maximum atomic E-state index is 6.46. The average molecular weight is 432 g/mol. The fourth-order valence-corrected chi connectivity index (χ4v) is 4.94. The summed E-state index contributed by atoms with van der Waals surface area (Å²) in [5, 5.41) is 2.41. The molecule has 0 unspecified atom stereocenters. The van der Waals surface area contributed by atoms with Crippen LogP contribution in [0.5, 0.6) is 0 Å². The van der Waals surface area contributed by atoms with Crippen molar-refractivity contribution in [2.45, 2.75) is 19.3 Å². The molecule has 0 bridgehead atoms. The van der Waals surface area contributed by atoms with Gasteiger partial charge in [0.1, 0.15) is 0 Å². The smallest absolute Gasteiger partial charge is 0.0954 e. The molecule has 0 aromatic heterocycles. The Bertz CT molecular complexity index is 904. The topological polar surface area (TPSA) is 28.0 Å². The predicted molar refractivity (Wildman–Crippen MR) is 123 cm³/mol. The Morgan fingerprint density at radius 2 is 1.79 bits per heavy atom. The molecular weight excluding hydrogens is 409 g/mol. The molecule has 146 valence electrons. The van der Waals surface area contributed by atoms with E-state index in [1.807, 2.05) is 54.2 Å². The summed E-state index contributed by atoms with van der Waals surface area (Å²) in [7, 11) is 0. The number of halogens is 2. The zero-order chi connectivity index (χ0) is 19.3. The second-order valence-electron chi connectivity index (χ2n) is 7.06. The van der Waals surface area contributed by atoms with E-state index in [0.717, 1.165) is 39.9 Å². The number of hydrogen-bond acceptors (Lipinski definition) is 4. The van der Waals surface area contributed by atoms with Crippen LogP contribution >= 0.6 is 35.0 Å². The monoisotopic (exact) mass is 431 g/mol. The van der Waals surface area contributed by atoms with Crippen LogP contribution in [-0.2, 0) is 0 Å². The molecule has 2 aromatic carbocycles. The van der Waals surface area contributed by atoms with E-state index in [0.29, 0.717) is 16.6 Å². The SMILES string of the molecule is Clc1ccc2c(c1)C(c1ccccc1Cl)=NCC(SCCN1CCCCC1)=N2. The van der Waals surface area contributed by atoms with Crippen molar-refractivity contribution in [3.05, 3.63) is 63.6 Å². The first kappa shape index (κ1) is 20.0. The number of nitrogens with zero attached hydrogens (tertiary/aromatic N) is 3. The Morgan fingerprint density at radius 1 is 0.964 bits per heavy atom. The van der Waals surface area contributed by atoms with E-state index in [2.05, 4.69) is 4.90 Å². The van der Waals surface area contributed by atoms with E-state index in [1.165, 1.54) is 32.4 Å². The molecule has 0 amide bonds. The Labute approximate surface area is 180 Å². The molecule has 2 aromatic rings. The summed E-state index contributed by atoms with van der Waals surface area (Å²) >= 11 is 14.6. The number of likely N-dealkylation sites (tertiary alicyclic amines) is 1. The molecule has 0 atom stereocenters. The summed E-state index contributed by atoms with van der Waals surface area (Å²) in [5.41, 5.74) is 3.62. The summed E-state index contributed by atoms with van der Waals surface area (Å²) in [5.74, 6) is 1.04. The Hall–Kier alpha value is -1.33. The second kappa shape index (κ2) is 9.45. The van der Waals surface area contributed by atoms with Gasteiger partial charge in [0.2, 0.25) is 0 Å². The molecule has 0 N–H and O–H groups in total. The van der Waals surface area contributed by atoms with Gasteiger partial charge < -0.3 is 4.90 Å². The van der Waals surface area contributed by atoms with Gasteiger partial charge in [-0.15, -0.1) is 11.8 Å². The van der Waals surface area contributed by atoms with Crippen LogP contribution in [0.3, 0.4) is 0 Å². The van der Waals surface area contributed by atoms with E-state index < -0.39 is 0 Å². The molecule has 1 saturated heterocycles. The highest BCUT2D eigenvalue weighted by atomic mass is 35.5. The first-order chi connectivity index (χ1) is 13.7. The lowest BCUT2D eigenvalue weighted by Gasteiger charge is -2.26. The second-order valence-corrected chi connectivity index (χ2v) is 9.07. The molecule has 28 heavy (non-hydrogen) atoms. The van der Waals surface area contributed by atoms with Gasteiger partial charge in [0.15, 0.2) is 0 Å². The molecule has 3 nitrogen and oxygen atoms in total. The molecule has 2 aliphatic rings. The maximum absolute atomic E-state index is 6.46. The number of benzene rings is 2. The van der Waals surface area contributed by atoms with Crippen LogP contribution in [0.25, 0.3) is 0 Å². The van der Waals surface area contributed by atoms with Crippen molar-refractivity contribution in [3.63, 3.8) is 0 Å². The van der Waals surface area contributed by atoms with Crippen LogP contribution in [0.1, 0.15) is 30.4 Å². The predicted octanol–water partition coefficient (Wildman–Crippen LogP) is 6.09. The number of thioether (sulfide) groups is 1. The fraction of sp³-hybridized carbons (Fsp3) is 0.364. The van der Waals surface area contributed by atoms with Gasteiger partial charge in [-0.1, -0.05) is 47.8 Å². The lowest BCUT2D eigenvalue weighted by molar-refractivity contribution is 0.242. The van der Waals surface area contributed by atoms with Crippen molar-refractivity contribution in [1.82, 2.24) is 4.90 Å². The third-order valence-corrected chi connectivity index (χ3v) is 6.59. The van der Waals surface area contributed by atoms with Gasteiger partial charge in [-0.25, -0.2) is 4.99 Å². The van der Waals surface area contributed by atoms with E-state index in [4.69, 9.17) is 33.2 Å². The van der Waals surface area contributed by atoms with E-state index in [-0.39, 0.29) is 0 Å². The van der Waals surface area contributed by atoms with Crippen molar-refractivity contribution in [1.29, 1.82) is 0 Å². The minimum absolute atomic E-state index is 0.567. The molecule has 4 rings (SSSR count). The zero-order valence-corrected chi connectivity index (χ0v) is 18.0. The van der Waals surface area contributed by atoms with Crippen molar-refractivity contribution < 1.29 is 0 Å². The van der Waals surface area contributed by atoms with Crippen LogP contribution in [-0.4, -0.2) is 47.6 Å². The first-order valence-corrected chi connectivity index (χ1v) is 11.5. The van der Waals surface area contributed by atoms with E-state index in [9.17, 15) is 0 Å². The molecule has 0 spiro atoms. The molecule has 0 saturated carbocycles. The van der Waals surface area contributed by atoms with Crippen molar-refractivity contribution in [3.8, 4) is 0 Å². The molecule has 0 aliphatic carbocycles. The van der Waals surface area contributed by atoms with Crippen LogP contribution in [0.2, 0.25) is 10.0 Å². The van der Waals surface area contributed by atoms with Gasteiger partial charge in [-0.05, 0) is 50.2 Å². The summed E-state index contributed by atoms with van der Waals surface area (Å²) in [6.45, 7) is 4.13. The Morgan fingerprint density at radius 3 is 2.61 bits per heavy atom. The number of aliphatic imine (C=N–C) groups is 2. The third-order valence-electron chi connectivity index (χ3n) is 5.09. The van der Waals surface area contributed by atoms with Gasteiger partial charge in [0.25, 0.3) is 0 Å². The highest BCUT2D eigenvalue weighted by Gasteiger charge is 2.19. The van der Waals surface area contributed by atoms with Crippen molar-refractivity contribution >= 4 is 51.4 Å². The normalized spacial score (nSPS) is 17.5. The summed E-state index contributed by atoms with van der Waals surface area (Å²) in [6.07, 6.45) is 4.02. The van der Waals surface area contributed by atoms with Gasteiger partial charge >= 0.3 is 0 Å². The van der Waals surface area contributed by atoms with Gasteiger partial charge in [-0.3, -0.25) is 4.99 Å². The number of rotatable bonds is 4. The Balaban J connectivity index is 1.56. The fourth-order valence-electron chi connectivity index (χ4n) is 3.63. The largest absolute Gasteiger partial charge is 0.303 e. The number of hydrogen-bond donors (Lipinski definition) is 0. The lowest BCUT2D eigenvalue weighted by atomic mass is 10.0. The molecule has 2 heterocycles. The first-order valence-electron chi connectivity index (χ1n) is 9.73. The van der Waals surface area contributed by atoms with Crippen LogP contribution in [0.15, 0.2) is 52.4 Å². The molecular formula is C22H23Cl2N3S. The highest BCUT2D eigenvalue weighted by Crippen LogP contribution is 2.31. The van der Waals surface area contributed by atoms with E-state index >= 15 is 0 Å². The average Bonchev–Trinajstić information content (AvgIpc) is 2.88. The highest BCUT2D eigenvalue weighted by molar-refractivity contribution is 8.14. The Kier molecular flexibility index (Phi) is 6.73. The lowest BCUT2D eigenvalue weighted by Crippen LogP contribution is -2.31. The summed E-state index contributed by atoms with van der Waals surface area (Å²) in [6, 6.07) is 13.6. The number of piperidine rings is 1. The minimum atomic E-state index is 0.567. The maximum Gasteiger partial charge on any atom is 0.0954 e. The molecule has 0 radical (unpaired) electrons. The van der Waals surface area contributed by atoms with Crippen molar-refractivity contribution in [2.24, 2.45) is 9.98 Å².